The molecular weight excluding hydrogens is 248 g/mol. The summed E-state index contributed by atoms with van der Waals surface area (Å²) in [5.74, 6) is -0.0717. The zero-order valence-corrected chi connectivity index (χ0v) is 11.8. The van der Waals surface area contributed by atoms with E-state index in [1.54, 1.807) is 30.1 Å². The SMILES string of the molecule is Cc1ccc(C(=O)N(C)c2cccc(C#N)c2)c(C)c1. The van der Waals surface area contributed by atoms with Crippen LogP contribution in [0.1, 0.15) is 27.0 Å². The molecule has 3 heteroatoms. The molecule has 0 heterocycles. The molecule has 2 aromatic rings. The van der Waals surface area contributed by atoms with Crippen molar-refractivity contribution in [2.45, 2.75) is 13.8 Å². The maximum atomic E-state index is 12.5. The largest absolute Gasteiger partial charge is 0.311 e. The van der Waals surface area contributed by atoms with Crippen LogP contribution in [0.15, 0.2) is 42.5 Å². The summed E-state index contributed by atoms with van der Waals surface area (Å²) in [7, 11) is 1.72. The Balaban J connectivity index is 2.35. The number of nitriles is 1. The molecule has 0 aliphatic heterocycles. The summed E-state index contributed by atoms with van der Waals surface area (Å²) < 4.78 is 0. The van der Waals surface area contributed by atoms with E-state index in [4.69, 9.17) is 5.26 Å². The highest BCUT2D eigenvalue weighted by molar-refractivity contribution is 6.06. The maximum Gasteiger partial charge on any atom is 0.258 e. The quantitative estimate of drug-likeness (QED) is 0.833. The normalized spacial score (nSPS) is 9.90. The van der Waals surface area contributed by atoms with Gasteiger partial charge in [0.15, 0.2) is 0 Å². The lowest BCUT2D eigenvalue weighted by Gasteiger charge is -2.19. The van der Waals surface area contributed by atoms with E-state index < -0.39 is 0 Å². The number of rotatable bonds is 2. The lowest BCUT2D eigenvalue weighted by atomic mass is 10.0. The average Bonchev–Trinajstić information content (AvgIpc) is 2.46. The van der Waals surface area contributed by atoms with Crippen LogP contribution in [0.2, 0.25) is 0 Å². The van der Waals surface area contributed by atoms with E-state index in [0.717, 1.165) is 11.1 Å². The third-order valence-corrected chi connectivity index (χ3v) is 3.28. The second-order valence-corrected chi connectivity index (χ2v) is 4.84. The molecule has 0 bridgehead atoms. The van der Waals surface area contributed by atoms with Gasteiger partial charge in [-0.05, 0) is 43.7 Å². The molecule has 0 unspecified atom stereocenters. The van der Waals surface area contributed by atoms with Gasteiger partial charge in [-0.3, -0.25) is 4.79 Å². The lowest BCUT2D eigenvalue weighted by Crippen LogP contribution is -2.27. The van der Waals surface area contributed by atoms with Crippen molar-refractivity contribution in [3.63, 3.8) is 0 Å². The van der Waals surface area contributed by atoms with E-state index in [-0.39, 0.29) is 5.91 Å². The van der Waals surface area contributed by atoms with Crippen LogP contribution in [0, 0.1) is 25.2 Å². The van der Waals surface area contributed by atoms with Gasteiger partial charge in [-0.25, -0.2) is 0 Å². The van der Waals surface area contributed by atoms with Gasteiger partial charge in [-0.1, -0.05) is 23.8 Å². The smallest absolute Gasteiger partial charge is 0.258 e. The first-order chi connectivity index (χ1) is 9.52. The topological polar surface area (TPSA) is 44.1 Å². The number of anilines is 1. The Bertz CT molecular complexity index is 698. The van der Waals surface area contributed by atoms with E-state index >= 15 is 0 Å². The number of carbonyl (C=O) groups excluding carboxylic acids is 1. The average molecular weight is 264 g/mol. The molecule has 0 N–H and O–H groups in total. The van der Waals surface area contributed by atoms with Crippen LogP contribution < -0.4 is 4.90 Å². The van der Waals surface area contributed by atoms with E-state index in [1.165, 1.54) is 0 Å². The van der Waals surface area contributed by atoms with Crippen LogP contribution in [0.4, 0.5) is 5.69 Å². The zero-order valence-electron chi connectivity index (χ0n) is 11.8. The highest BCUT2D eigenvalue weighted by Gasteiger charge is 2.15. The Labute approximate surface area is 119 Å². The maximum absolute atomic E-state index is 12.5. The van der Waals surface area contributed by atoms with Crippen LogP contribution in [-0.2, 0) is 0 Å². The van der Waals surface area contributed by atoms with Gasteiger partial charge in [0.1, 0.15) is 0 Å². The first kappa shape index (κ1) is 13.8. The summed E-state index contributed by atoms with van der Waals surface area (Å²) in [5.41, 5.74) is 4.03. The fourth-order valence-corrected chi connectivity index (χ4v) is 2.14. The number of amides is 1. The summed E-state index contributed by atoms with van der Waals surface area (Å²) in [6, 6.07) is 14.9. The van der Waals surface area contributed by atoms with Crippen molar-refractivity contribution in [3.8, 4) is 6.07 Å². The van der Waals surface area contributed by atoms with Crippen molar-refractivity contribution in [2.75, 3.05) is 11.9 Å². The molecule has 3 nitrogen and oxygen atoms in total. The summed E-state index contributed by atoms with van der Waals surface area (Å²) in [6.45, 7) is 3.93. The van der Waals surface area contributed by atoms with Gasteiger partial charge < -0.3 is 4.90 Å². The van der Waals surface area contributed by atoms with Crippen LogP contribution in [0.3, 0.4) is 0 Å². The fraction of sp³-hybridized carbons (Fsp3) is 0.176. The number of hydrogen-bond acceptors (Lipinski definition) is 2. The molecule has 2 aromatic carbocycles. The van der Waals surface area contributed by atoms with Gasteiger partial charge in [0.25, 0.3) is 5.91 Å². The Morgan fingerprint density at radius 1 is 1.15 bits per heavy atom. The van der Waals surface area contributed by atoms with Gasteiger partial charge in [-0.15, -0.1) is 0 Å². The second-order valence-electron chi connectivity index (χ2n) is 4.84. The minimum Gasteiger partial charge on any atom is -0.311 e. The first-order valence-corrected chi connectivity index (χ1v) is 6.38. The van der Waals surface area contributed by atoms with Crippen LogP contribution in [0.5, 0.6) is 0 Å². The number of carbonyl (C=O) groups is 1. The van der Waals surface area contributed by atoms with Gasteiger partial charge in [-0.2, -0.15) is 5.26 Å². The van der Waals surface area contributed by atoms with Gasteiger partial charge in [0.2, 0.25) is 0 Å². The van der Waals surface area contributed by atoms with Crippen molar-refractivity contribution in [1.82, 2.24) is 0 Å². The molecule has 0 saturated carbocycles. The first-order valence-electron chi connectivity index (χ1n) is 6.38. The molecule has 1 amide bonds. The highest BCUT2D eigenvalue weighted by Crippen LogP contribution is 2.19. The molecule has 0 spiro atoms. The Hall–Kier alpha value is -2.60. The predicted molar refractivity (Wildman–Crippen MR) is 79.8 cm³/mol. The molecule has 0 aliphatic rings. The molecule has 0 fully saturated rings. The standard InChI is InChI=1S/C17H16N2O/c1-12-7-8-16(13(2)9-12)17(20)19(3)15-6-4-5-14(10-15)11-18/h4-10H,1-3H3. The molecule has 2 rings (SSSR count). The predicted octanol–water partition coefficient (Wildman–Crippen LogP) is 3.45. The minimum atomic E-state index is -0.0717. The summed E-state index contributed by atoms with van der Waals surface area (Å²) >= 11 is 0. The Kier molecular flexibility index (Phi) is 3.86. The molecule has 0 radical (unpaired) electrons. The number of hydrogen-bond donors (Lipinski definition) is 0. The molecule has 100 valence electrons. The Morgan fingerprint density at radius 2 is 1.90 bits per heavy atom. The fourth-order valence-electron chi connectivity index (χ4n) is 2.14. The van der Waals surface area contributed by atoms with Crippen molar-refractivity contribution < 1.29 is 4.79 Å². The molecule has 0 aromatic heterocycles. The zero-order chi connectivity index (χ0) is 14.7. The second kappa shape index (κ2) is 5.58. The van der Waals surface area contributed by atoms with E-state index in [2.05, 4.69) is 6.07 Å². The van der Waals surface area contributed by atoms with Crippen LogP contribution >= 0.6 is 0 Å². The molecule has 0 atom stereocenters. The summed E-state index contributed by atoms with van der Waals surface area (Å²) in [6.07, 6.45) is 0. The molecule has 0 saturated heterocycles. The van der Waals surface area contributed by atoms with E-state index in [0.29, 0.717) is 16.8 Å². The molecule has 20 heavy (non-hydrogen) atoms. The number of aryl methyl sites for hydroxylation is 2. The van der Waals surface area contributed by atoms with Gasteiger partial charge >= 0.3 is 0 Å². The molecular formula is C17H16N2O. The summed E-state index contributed by atoms with van der Waals surface area (Å²) in [4.78, 5) is 14.1. The van der Waals surface area contributed by atoms with Gasteiger partial charge in [0, 0.05) is 18.3 Å². The third-order valence-electron chi connectivity index (χ3n) is 3.28. The number of benzene rings is 2. The van der Waals surface area contributed by atoms with Crippen molar-refractivity contribution in [1.29, 1.82) is 5.26 Å². The van der Waals surface area contributed by atoms with Gasteiger partial charge in [0.05, 0.1) is 11.6 Å². The highest BCUT2D eigenvalue weighted by atomic mass is 16.2. The van der Waals surface area contributed by atoms with Crippen molar-refractivity contribution in [2.24, 2.45) is 0 Å². The van der Waals surface area contributed by atoms with Crippen LogP contribution in [0.25, 0.3) is 0 Å². The lowest BCUT2D eigenvalue weighted by molar-refractivity contribution is 0.0992. The number of nitrogens with zero attached hydrogens (tertiary/aromatic N) is 2. The monoisotopic (exact) mass is 264 g/mol. The van der Waals surface area contributed by atoms with Crippen molar-refractivity contribution in [3.05, 3.63) is 64.7 Å². The molecule has 0 aliphatic carbocycles. The van der Waals surface area contributed by atoms with Crippen LogP contribution in [-0.4, -0.2) is 13.0 Å². The third kappa shape index (κ3) is 2.70. The van der Waals surface area contributed by atoms with E-state index in [1.807, 2.05) is 38.1 Å². The van der Waals surface area contributed by atoms with Crippen molar-refractivity contribution >= 4 is 11.6 Å². The van der Waals surface area contributed by atoms with E-state index in [9.17, 15) is 4.79 Å². The Morgan fingerprint density at radius 3 is 2.55 bits per heavy atom. The summed E-state index contributed by atoms with van der Waals surface area (Å²) in [5, 5.41) is 8.92. The minimum absolute atomic E-state index is 0.0717.